The number of halogens is 4. The van der Waals surface area contributed by atoms with Crippen LogP contribution in [0.4, 0.5) is 18.9 Å². The minimum Gasteiger partial charge on any atom is -0.473 e. The van der Waals surface area contributed by atoms with Crippen molar-refractivity contribution in [3.8, 4) is 0 Å². The molecule has 1 aliphatic heterocycles. The minimum absolute atomic E-state index is 0.0699. The first-order chi connectivity index (χ1) is 17.4. The van der Waals surface area contributed by atoms with Crippen LogP contribution in [0.25, 0.3) is 0 Å². The van der Waals surface area contributed by atoms with Crippen molar-refractivity contribution >= 4 is 41.0 Å². The Kier molecular flexibility index (Phi) is 10.9. The maximum atomic E-state index is 13.4. The number of anilines is 1. The number of amides is 2. The lowest BCUT2D eigenvalue weighted by Crippen LogP contribution is -2.35. The van der Waals surface area contributed by atoms with Crippen LogP contribution in [0.3, 0.4) is 0 Å². The van der Waals surface area contributed by atoms with Crippen molar-refractivity contribution in [3.05, 3.63) is 64.7 Å². The second kappa shape index (κ2) is 13.6. The van der Waals surface area contributed by atoms with E-state index < -0.39 is 35.6 Å². The Morgan fingerprint density at radius 3 is 2.24 bits per heavy atom. The molecule has 1 saturated heterocycles. The third-order valence-corrected chi connectivity index (χ3v) is 5.48. The van der Waals surface area contributed by atoms with Crippen molar-refractivity contribution < 1.29 is 42.6 Å². The normalized spacial score (nSPS) is 13.9. The molecule has 1 fully saturated rings. The van der Waals surface area contributed by atoms with E-state index in [1.165, 1.54) is 6.07 Å². The van der Waals surface area contributed by atoms with Crippen LogP contribution in [0.1, 0.15) is 36.4 Å². The van der Waals surface area contributed by atoms with Crippen LogP contribution in [0.2, 0.25) is 5.02 Å². The van der Waals surface area contributed by atoms with E-state index in [0.29, 0.717) is 31.5 Å². The molecule has 2 amide bonds. The lowest BCUT2D eigenvalue weighted by atomic mass is 10.1. The fourth-order valence-electron chi connectivity index (χ4n) is 3.53. The van der Waals surface area contributed by atoms with E-state index in [-0.39, 0.29) is 16.6 Å². The minimum atomic E-state index is -4.66. The quantitative estimate of drug-likeness (QED) is 0.294. The Labute approximate surface area is 215 Å². The highest BCUT2D eigenvalue weighted by molar-refractivity contribution is 6.30. The highest BCUT2D eigenvalue weighted by Gasteiger charge is 2.35. The molecule has 37 heavy (non-hydrogen) atoms. The van der Waals surface area contributed by atoms with Gasteiger partial charge in [-0.25, -0.2) is 9.59 Å². The summed E-state index contributed by atoms with van der Waals surface area (Å²) in [6, 6.07) is 11.1. The molecule has 0 aromatic heterocycles. The van der Waals surface area contributed by atoms with Gasteiger partial charge in [-0.1, -0.05) is 41.9 Å². The third kappa shape index (κ3) is 9.39. The number of aliphatic carboxylic acids is 2. The van der Waals surface area contributed by atoms with Gasteiger partial charge in [-0.05, 0) is 43.1 Å². The number of carbonyl (C=O) groups excluding carboxylic acids is 2. The molecule has 9 nitrogen and oxygen atoms in total. The Morgan fingerprint density at radius 1 is 1.05 bits per heavy atom. The topological polar surface area (TPSA) is 136 Å². The van der Waals surface area contributed by atoms with Gasteiger partial charge in [0.2, 0.25) is 11.8 Å². The summed E-state index contributed by atoms with van der Waals surface area (Å²) in [6.07, 6.45) is -2.63. The van der Waals surface area contributed by atoms with Crippen LogP contribution in [-0.4, -0.2) is 58.5 Å². The van der Waals surface area contributed by atoms with Crippen molar-refractivity contribution in [3.63, 3.8) is 0 Å². The first-order valence-corrected chi connectivity index (χ1v) is 11.5. The molecule has 13 heteroatoms. The fourth-order valence-corrected chi connectivity index (χ4v) is 3.70. The maximum absolute atomic E-state index is 13.4. The largest absolute Gasteiger partial charge is 0.473 e. The zero-order valence-corrected chi connectivity index (χ0v) is 20.2. The lowest BCUT2D eigenvalue weighted by Gasteiger charge is -2.22. The van der Waals surface area contributed by atoms with Crippen molar-refractivity contribution in [1.29, 1.82) is 0 Å². The maximum Gasteiger partial charge on any atom is 0.418 e. The molecule has 1 aliphatic rings. The Morgan fingerprint density at radius 2 is 1.70 bits per heavy atom. The van der Waals surface area contributed by atoms with E-state index in [2.05, 4.69) is 10.6 Å². The van der Waals surface area contributed by atoms with E-state index in [9.17, 15) is 22.8 Å². The molecule has 0 aliphatic carbocycles. The van der Waals surface area contributed by atoms with E-state index in [1.54, 1.807) is 35.2 Å². The van der Waals surface area contributed by atoms with Gasteiger partial charge < -0.3 is 25.7 Å². The number of carbonyl (C=O) groups is 4. The fraction of sp³-hybridized carbons (Fsp3) is 0.333. The van der Waals surface area contributed by atoms with Crippen molar-refractivity contribution in [2.24, 2.45) is 0 Å². The molecule has 0 saturated carbocycles. The average molecular weight is 544 g/mol. The molecule has 0 radical (unpaired) electrons. The Bertz CT molecular complexity index is 1100. The smallest absolute Gasteiger partial charge is 0.418 e. The molecule has 2 aromatic carbocycles. The van der Waals surface area contributed by atoms with Gasteiger partial charge in [0.05, 0.1) is 11.3 Å². The standard InChI is InChI=1S/C22H23ClF3N3O2.C2H2O4/c23-16-9-10-18(17(14-16)22(24,25)26)28-21(31)20(15-6-2-1-3-7-15)27-11-5-13-29-12-4-8-19(29)30;3-1(4)2(5)6/h1-3,6-7,9-10,14,20,27H,4-5,8,11-13H2,(H,28,31);(H,3,4)(H,5,6). The van der Waals surface area contributed by atoms with Crippen molar-refractivity contribution in [2.75, 3.05) is 25.0 Å². The second-order valence-corrected chi connectivity index (χ2v) is 8.36. The first-order valence-electron chi connectivity index (χ1n) is 11.1. The van der Waals surface area contributed by atoms with Crippen LogP contribution in [0.15, 0.2) is 48.5 Å². The van der Waals surface area contributed by atoms with Crippen LogP contribution in [0.5, 0.6) is 0 Å². The molecule has 3 rings (SSSR count). The highest BCUT2D eigenvalue weighted by Crippen LogP contribution is 2.36. The van der Waals surface area contributed by atoms with Gasteiger partial charge in [0.25, 0.3) is 0 Å². The van der Waals surface area contributed by atoms with Crippen LogP contribution in [-0.2, 0) is 25.4 Å². The van der Waals surface area contributed by atoms with Crippen LogP contribution >= 0.6 is 11.6 Å². The van der Waals surface area contributed by atoms with Crippen LogP contribution < -0.4 is 10.6 Å². The monoisotopic (exact) mass is 543 g/mol. The zero-order valence-electron chi connectivity index (χ0n) is 19.4. The average Bonchev–Trinajstić information content (AvgIpc) is 3.25. The predicted octanol–water partition coefficient (Wildman–Crippen LogP) is 3.80. The number of nitrogens with zero attached hydrogens (tertiary/aromatic N) is 1. The summed E-state index contributed by atoms with van der Waals surface area (Å²) in [5, 5.41) is 20.2. The first kappa shape index (κ1) is 29.6. The number of hydrogen-bond donors (Lipinski definition) is 4. The summed E-state index contributed by atoms with van der Waals surface area (Å²) >= 11 is 5.71. The number of alkyl halides is 3. The summed E-state index contributed by atoms with van der Waals surface area (Å²) in [5.74, 6) is -4.14. The van der Waals surface area contributed by atoms with E-state index in [1.807, 2.05) is 0 Å². The summed E-state index contributed by atoms with van der Waals surface area (Å²) in [5.41, 5.74) is -0.736. The number of nitrogens with one attached hydrogen (secondary N) is 2. The predicted molar refractivity (Wildman–Crippen MR) is 128 cm³/mol. The van der Waals surface area contributed by atoms with Gasteiger partial charge in [0, 0.05) is 24.5 Å². The molecule has 4 N–H and O–H groups in total. The van der Waals surface area contributed by atoms with Gasteiger partial charge in [0.1, 0.15) is 6.04 Å². The van der Waals surface area contributed by atoms with Gasteiger partial charge in [-0.3, -0.25) is 9.59 Å². The molecular weight excluding hydrogens is 519 g/mol. The number of hydrogen-bond acceptors (Lipinski definition) is 5. The Balaban J connectivity index is 0.000000717. The molecule has 1 unspecified atom stereocenters. The van der Waals surface area contributed by atoms with E-state index in [0.717, 1.165) is 25.1 Å². The summed E-state index contributed by atoms with van der Waals surface area (Å²) < 4.78 is 40.1. The van der Waals surface area contributed by atoms with Gasteiger partial charge >= 0.3 is 18.1 Å². The molecule has 2 aromatic rings. The molecule has 0 bridgehead atoms. The molecule has 0 spiro atoms. The highest BCUT2D eigenvalue weighted by atomic mass is 35.5. The molecule has 200 valence electrons. The number of carboxylic acids is 2. The summed E-state index contributed by atoms with van der Waals surface area (Å²) in [7, 11) is 0. The third-order valence-electron chi connectivity index (χ3n) is 5.25. The SMILES string of the molecule is O=C(Nc1ccc(Cl)cc1C(F)(F)F)C(NCCCN1CCCC1=O)c1ccccc1.O=C(O)C(=O)O. The number of carboxylic acid groups (broad SMARTS) is 2. The van der Waals surface area contributed by atoms with Crippen molar-refractivity contribution in [1.82, 2.24) is 10.2 Å². The zero-order chi connectivity index (χ0) is 27.6. The van der Waals surface area contributed by atoms with E-state index in [4.69, 9.17) is 31.4 Å². The second-order valence-electron chi connectivity index (χ2n) is 7.92. The van der Waals surface area contributed by atoms with Gasteiger partial charge in [0.15, 0.2) is 0 Å². The molecule has 1 atom stereocenters. The number of likely N-dealkylation sites (tertiary alicyclic amines) is 1. The van der Waals surface area contributed by atoms with Crippen molar-refractivity contribution in [2.45, 2.75) is 31.5 Å². The molecule has 1 heterocycles. The molecular formula is C24H25ClF3N3O6. The van der Waals surface area contributed by atoms with E-state index >= 15 is 0 Å². The summed E-state index contributed by atoms with van der Waals surface area (Å²) in [6.45, 7) is 1.73. The summed E-state index contributed by atoms with van der Waals surface area (Å²) in [4.78, 5) is 44.6. The number of benzene rings is 2. The van der Waals surface area contributed by atoms with Gasteiger partial charge in [-0.15, -0.1) is 0 Å². The van der Waals surface area contributed by atoms with Crippen LogP contribution in [0, 0.1) is 0 Å². The lowest BCUT2D eigenvalue weighted by molar-refractivity contribution is -0.159. The van der Waals surface area contributed by atoms with Gasteiger partial charge in [-0.2, -0.15) is 13.2 Å². The Hall–Kier alpha value is -3.64. The number of rotatable bonds is 8.